The van der Waals surface area contributed by atoms with Gasteiger partial charge in [0, 0.05) is 33.8 Å². The van der Waals surface area contributed by atoms with E-state index in [1.54, 1.807) is 61.2 Å². The normalized spacial score (nSPS) is 10.7. The molecule has 3 aromatic rings. The van der Waals surface area contributed by atoms with Crippen LogP contribution in [0.2, 0.25) is 5.02 Å². The number of methoxy groups -OCH3 is 1. The molecule has 3 rings (SSSR count). The highest BCUT2D eigenvalue weighted by atomic mass is 35.5. The third kappa shape index (κ3) is 3.58. The van der Waals surface area contributed by atoms with E-state index in [0.717, 1.165) is 10.9 Å². The maximum absolute atomic E-state index is 12.9. The molecule has 0 atom stereocenters. The summed E-state index contributed by atoms with van der Waals surface area (Å²) >= 11 is 5.90. The summed E-state index contributed by atoms with van der Waals surface area (Å²) in [5, 5.41) is 1.31. The second-order valence-corrected chi connectivity index (χ2v) is 6.13. The van der Waals surface area contributed by atoms with Gasteiger partial charge in [0.2, 0.25) is 0 Å². The molecular formula is C20H18ClNO4. The zero-order chi connectivity index (χ0) is 18.7. The highest BCUT2D eigenvalue weighted by Crippen LogP contribution is 2.28. The predicted octanol–water partition coefficient (Wildman–Crippen LogP) is 4.10. The summed E-state index contributed by atoms with van der Waals surface area (Å²) in [6, 6.07) is 12.1. The summed E-state index contributed by atoms with van der Waals surface area (Å²) in [5.41, 5.74) is 1.77. The van der Waals surface area contributed by atoms with Crippen molar-refractivity contribution in [2.75, 3.05) is 13.7 Å². The van der Waals surface area contributed by atoms with Gasteiger partial charge >= 0.3 is 5.97 Å². The highest BCUT2D eigenvalue weighted by Gasteiger charge is 2.19. The van der Waals surface area contributed by atoms with Gasteiger partial charge < -0.3 is 14.0 Å². The first-order valence-electron chi connectivity index (χ1n) is 8.16. The smallest absolute Gasteiger partial charge is 0.325 e. The molecule has 1 heterocycles. The molecule has 0 saturated carbocycles. The monoisotopic (exact) mass is 371 g/mol. The Hall–Kier alpha value is -2.79. The van der Waals surface area contributed by atoms with E-state index in [0.29, 0.717) is 28.5 Å². The fraction of sp³-hybridized carbons (Fsp3) is 0.200. The van der Waals surface area contributed by atoms with Crippen LogP contribution in [-0.2, 0) is 16.1 Å². The lowest BCUT2D eigenvalue weighted by molar-refractivity contribution is -0.143. The van der Waals surface area contributed by atoms with Crippen LogP contribution in [0.1, 0.15) is 22.8 Å². The number of nitrogens with zero attached hydrogens (tertiary/aromatic N) is 1. The molecule has 0 saturated heterocycles. The number of esters is 1. The number of hydrogen-bond donors (Lipinski definition) is 0. The third-order valence-corrected chi connectivity index (χ3v) is 4.30. The molecule has 0 aliphatic heterocycles. The first-order chi connectivity index (χ1) is 12.5. The Labute approximate surface area is 156 Å². The second-order valence-electron chi connectivity index (χ2n) is 5.69. The van der Waals surface area contributed by atoms with Gasteiger partial charge in [-0.2, -0.15) is 0 Å². The van der Waals surface area contributed by atoms with Gasteiger partial charge in [-0.25, -0.2) is 0 Å². The number of carbonyl (C=O) groups excluding carboxylic acids is 2. The fourth-order valence-electron chi connectivity index (χ4n) is 2.81. The van der Waals surface area contributed by atoms with Gasteiger partial charge in [-0.1, -0.05) is 11.6 Å². The SMILES string of the molecule is CCOC(=O)Cn1cc(C(=O)c2ccc(Cl)cc2)c2ccc(OC)cc21. The minimum atomic E-state index is -0.363. The number of halogens is 1. The Morgan fingerprint density at radius 2 is 1.85 bits per heavy atom. The lowest BCUT2D eigenvalue weighted by Gasteiger charge is -2.06. The summed E-state index contributed by atoms with van der Waals surface area (Å²) in [4.78, 5) is 24.9. The lowest BCUT2D eigenvalue weighted by atomic mass is 10.0. The Balaban J connectivity index is 2.08. The largest absolute Gasteiger partial charge is 0.497 e. The number of ketones is 1. The third-order valence-electron chi connectivity index (χ3n) is 4.05. The number of hydrogen-bond acceptors (Lipinski definition) is 4. The molecular weight excluding hydrogens is 354 g/mol. The summed E-state index contributed by atoms with van der Waals surface area (Å²) in [5.74, 6) is 0.142. The molecule has 0 unspecified atom stereocenters. The number of ether oxygens (including phenoxy) is 2. The Kier molecular flexibility index (Phi) is 5.28. The topological polar surface area (TPSA) is 57.5 Å². The van der Waals surface area contributed by atoms with Crippen LogP contribution in [0.25, 0.3) is 10.9 Å². The molecule has 0 radical (unpaired) electrons. The standard InChI is InChI=1S/C20H18ClNO4/c1-3-26-19(23)12-22-11-17(16-9-8-15(25-2)10-18(16)22)20(24)13-4-6-14(21)7-5-13/h4-11H,3,12H2,1-2H3. The molecule has 0 aliphatic rings. The zero-order valence-corrected chi connectivity index (χ0v) is 15.2. The molecule has 0 bridgehead atoms. The molecule has 0 amide bonds. The van der Waals surface area contributed by atoms with Crippen LogP contribution < -0.4 is 4.74 Å². The van der Waals surface area contributed by atoms with Crippen LogP contribution in [0, 0.1) is 0 Å². The van der Waals surface area contributed by atoms with Crippen LogP contribution in [-0.4, -0.2) is 30.0 Å². The van der Waals surface area contributed by atoms with Crippen LogP contribution in [0.5, 0.6) is 5.75 Å². The highest BCUT2D eigenvalue weighted by molar-refractivity contribution is 6.30. The lowest BCUT2D eigenvalue weighted by Crippen LogP contribution is -2.12. The summed E-state index contributed by atoms with van der Waals surface area (Å²) in [7, 11) is 1.57. The van der Waals surface area contributed by atoms with Gasteiger partial charge in [0.25, 0.3) is 0 Å². The van der Waals surface area contributed by atoms with Crippen molar-refractivity contribution in [2.24, 2.45) is 0 Å². The van der Waals surface area contributed by atoms with Gasteiger partial charge in [-0.15, -0.1) is 0 Å². The molecule has 0 aliphatic carbocycles. The fourth-order valence-corrected chi connectivity index (χ4v) is 2.94. The molecule has 5 nitrogen and oxygen atoms in total. The van der Waals surface area contributed by atoms with E-state index in [1.807, 2.05) is 6.07 Å². The van der Waals surface area contributed by atoms with Crippen molar-refractivity contribution in [1.29, 1.82) is 0 Å². The van der Waals surface area contributed by atoms with E-state index < -0.39 is 0 Å². The second kappa shape index (κ2) is 7.62. The van der Waals surface area contributed by atoms with Crippen LogP contribution >= 0.6 is 11.6 Å². The average molecular weight is 372 g/mol. The van der Waals surface area contributed by atoms with E-state index in [4.69, 9.17) is 21.1 Å². The van der Waals surface area contributed by atoms with Gasteiger partial charge in [0.05, 0.1) is 19.2 Å². The summed E-state index contributed by atoms with van der Waals surface area (Å²) in [6.07, 6.45) is 1.68. The van der Waals surface area contributed by atoms with E-state index in [2.05, 4.69) is 0 Å². The number of benzene rings is 2. The Morgan fingerprint density at radius 3 is 2.50 bits per heavy atom. The molecule has 1 aromatic heterocycles. The van der Waals surface area contributed by atoms with Crippen LogP contribution in [0.3, 0.4) is 0 Å². The molecule has 134 valence electrons. The van der Waals surface area contributed by atoms with Crippen LogP contribution in [0.15, 0.2) is 48.7 Å². The van der Waals surface area contributed by atoms with Crippen molar-refractivity contribution in [2.45, 2.75) is 13.5 Å². The first kappa shape index (κ1) is 18.0. The zero-order valence-electron chi connectivity index (χ0n) is 14.5. The summed E-state index contributed by atoms with van der Waals surface area (Å²) in [6.45, 7) is 2.08. The molecule has 0 spiro atoms. The van der Waals surface area contributed by atoms with Crippen molar-refractivity contribution in [3.05, 3.63) is 64.8 Å². The van der Waals surface area contributed by atoms with Gasteiger partial charge in [-0.05, 0) is 43.3 Å². The maximum atomic E-state index is 12.9. The quantitative estimate of drug-likeness (QED) is 0.483. The minimum absolute atomic E-state index is 0.0193. The van der Waals surface area contributed by atoms with Crippen molar-refractivity contribution in [3.63, 3.8) is 0 Å². The van der Waals surface area contributed by atoms with Crippen molar-refractivity contribution in [1.82, 2.24) is 4.57 Å². The maximum Gasteiger partial charge on any atom is 0.325 e. The first-order valence-corrected chi connectivity index (χ1v) is 8.54. The van der Waals surface area contributed by atoms with E-state index in [1.165, 1.54) is 0 Å². The molecule has 6 heteroatoms. The van der Waals surface area contributed by atoms with E-state index in [9.17, 15) is 9.59 Å². The van der Waals surface area contributed by atoms with Crippen molar-refractivity contribution < 1.29 is 19.1 Å². The Morgan fingerprint density at radius 1 is 1.12 bits per heavy atom. The van der Waals surface area contributed by atoms with Crippen molar-refractivity contribution in [3.8, 4) is 5.75 Å². The molecule has 26 heavy (non-hydrogen) atoms. The van der Waals surface area contributed by atoms with E-state index in [-0.39, 0.29) is 18.3 Å². The molecule has 0 N–H and O–H groups in total. The number of rotatable bonds is 6. The predicted molar refractivity (Wildman–Crippen MR) is 100 cm³/mol. The van der Waals surface area contributed by atoms with Crippen LogP contribution in [0.4, 0.5) is 0 Å². The number of fused-ring (bicyclic) bond motifs is 1. The minimum Gasteiger partial charge on any atom is -0.497 e. The average Bonchev–Trinajstić information content (AvgIpc) is 2.99. The van der Waals surface area contributed by atoms with E-state index >= 15 is 0 Å². The molecule has 2 aromatic carbocycles. The number of carbonyl (C=O) groups is 2. The van der Waals surface area contributed by atoms with Gasteiger partial charge in [0.1, 0.15) is 12.3 Å². The van der Waals surface area contributed by atoms with Gasteiger partial charge in [-0.3, -0.25) is 9.59 Å². The van der Waals surface area contributed by atoms with Crippen molar-refractivity contribution >= 4 is 34.3 Å². The van der Waals surface area contributed by atoms with Gasteiger partial charge in [0.15, 0.2) is 5.78 Å². The number of aromatic nitrogens is 1. The molecule has 0 fully saturated rings. The Bertz CT molecular complexity index is 960. The summed E-state index contributed by atoms with van der Waals surface area (Å²) < 4.78 is 12.0.